The molecule has 1 unspecified atom stereocenters. The van der Waals surface area contributed by atoms with Crippen molar-refractivity contribution >= 4 is 17.4 Å². The number of hydrogen-bond acceptors (Lipinski definition) is 3. The number of carbonyl (C=O) groups is 2. The Balaban J connectivity index is 1.77. The van der Waals surface area contributed by atoms with Crippen LogP contribution >= 0.6 is 0 Å². The van der Waals surface area contributed by atoms with Crippen LogP contribution in [0.25, 0.3) is 0 Å². The normalized spacial score (nSPS) is 19.0. The third-order valence-corrected chi connectivity index (χ3v) is 5.02. The predicted octanol–water partition coefficient (Wildman–Crippen LogP) is 3.42. The second-order valence-electron chi connectivity index (χ2n) is 6.41. The summed E-state index contributed by atoms with van der Waals surface area (Å²) in [4.78, 5) is 31.3. The highest BCUT2D eigenvalue weighted by Gasteiger charge is 2.38. The van der Waals surface area contributed by atoms with Crippen molar-refractivity contribution in [1.82, 2.24) is 4.98 Å². The van der Waals surface area contributed by atoms with Gasteiger partial charge >= 0.3 is 0 Å². The van der Waals surface area contributed by atoms with Gasteiger partial charge in [-0.3, -0.25) is 9.59 Å². The molecule has 0 fully saturated rings. The van der Waals surface area contributed by atoms with E-state index in [1.807, 2.05) is 38.1 Å². The van der Waals surface area contributed by atoms with Gasteiger partial charge in [0.2, 0.25) is 0 Å². The third kappa shape index (κ3) is 2.09. The maximum atomic E-state index is 12.9. The van der Waals surface area contributed by atoms with Gasteiger partial charge in [-0.05, 0) is 43.5 Å². The van der Waals surface area contributed by atoms with Gasteiger partial charge in [-0.15, -0.1) is 0 Å². The molecule has 1 aromatic carbocycles. The monoisotopic (exact) mass is 306 g/mol. The zero-order valence-corrected chi connectivity index (χ0v) is 13.3. The van der Waals surface area contributed by atoms with Crippen LogP contribution in [0.2, 0.25) is 0 Å². The van der Waals surface area contributed by atoms with E-state index in [1.54, 1.807) is 11.0 Å². The highest BCUT2D eigenvalue weighted by molar-refractivity contribution is 6.09. The molecule has 1 aliphatic heterocycles. The van der Waals surface area contributed by atoms with E-state index in [0.29, 0.717) is 18.7 Å². The molecule has 116 valence electrons. The molecule has 0 saturated heterocycles. The lowest BCUT2D eigenvalue weighted by Gasteiger charge is -2.18. The largest absolute Gasteiger partial charge is 0.306 e. The number of carbonyl (C=O) groups excluding carboxylic acids is 2. The number of nitrogens with zero attached hydrogens (tertiary/aromatic N) is 2. The van der Waals surface area contributed by atoms with Gasteiger partial charge in [0.15, 0.2) is 5.78 Å². The number of ketones is 1. The minimum Gasteiger partial charge on any atom is -0.306 e. The van der Waals surface area contributed by atoms with Gasteiger partial charge in [-0.25, -0.2) is 4.98 Å². The van der Waals surface area contributed by atoms with Gasteiger partial charge in [0.1, 0.15) is 5.69 Å². The van der Waals surface area contributed by atoms with Crippen LogP contribution in [0.3, 0.4) is 0 Å². The van der Waals surface area contributed by atoms with Gasteiger partial charge in [0.05, 0.1) is 0 Å². The first-order chi connectivity index (χ1) is 11.1. The quantitative estimate of drug-likeness (QED) is 0.811. The molecule has 4 nitrogen and oxygen atoms in total. The number of hydrogen-bond donors (Lipinski definition) is 0. The second kappa shape index (κ2) is 5.01. The average Bonchev–Trinajstić information content (AvgIpc) is 2.93. The number of Topliss-reactive ketones (excluding diaryl/α,β-unsaturated/α-hetero) is 1. The summed E-state index contributed by atoms with van der Waals surface area (Å²) in [6.07, 6.45) is 1.40. The Hall–Kier alpha value is -2.49. The number of pyridine rings is 1. The van der Waals surface area contributed by atoms with E-state index in [9.17, 15) is 9.59 Å². The molecule has 1 atom stereocenters. The van der Waals surface area contributed by atoms with E-state index >= 15 is 0 Å². The molecule has 0 radical (unpaired) electrons. The van der Waals surface area contributed by atoms with Crippen molar-refractivity contribution in [1.29, 1.82) is 0 Å². The summed E-state index contributed by atoms with van der Waals surface area (Å²) in [5, 5.41) is 0. The zero-order chi connectivity index (χ0) is 16.1. The molecule has 2 heterocycles. The lowest BCUT2D eigenvalue weighted by atomic mass is 9.83. The SMILES string of the molecule is Cc1ccc(C(=O)N2CC3CCC(=O)c4cccc2c43)nc1C. The van der Waals surface area contributed by atoms with Crippen LogP contribution in [0.1, 0.15) is 56.4 Å². The highest BCUT2D eigenvalue weighted by atomic mass is 16.2. The molecular formula is C19H18N2O2. The van der Waals surface area contributed by atoms with Gasteiger partial charge in [0.25, 0.3) is 5.91 Å². The highest BCUT2D eigenvalue weighted by Crippen LogP contribution is 2.44. The number of aromatic nitrogens is 1. The van der Waals surface area contributed by atoms with Gasteiger partial charge in [-0.2, -0.15) is 0 Å². The minimum atomic E-state index is -0.0802. The van der Waals surface area contributed by atoms with Crippen molar-refractivity contribution in [2.75, 3.05) is 11.4 Å². The Labute approximate surface area is 135 Å². The average molecular weight is 306 g/mol. The molecular weight excluding hydrogens is 288 g/mol. The van der Waals surface area contributed by atoms with Crippen LogP contribution in [0.5, 0.6) is 0 Å². The van der Waals surface area contributed by atoms with E-state index in [0.717, 1.165) is 34.5 Å². The summed E-state index contributed by atoms with van der Waals surface area (Å²) in [5.74, 6) is 0.384. The number of amides is 1. The van der Waals surface area contributed by atoms with Crippen LogP contribution in [-0.4, -0.2) is 23.2 Å². The van der Waals surface area contributed by atoms with Gasteiger partial charge in [-0.1, -0.05) is 18.2 Å². The van der Waals surface area contributed by atoms with Crippen molar-refractivity contribution in [3.05, 3.63) is 58.4 Å². The summed E-state index contributed by atoms with van der Waals surface area (Å²) in [7, 11) is 0. The zero-order valence-electron chi connectivity index (χ0n) is 13.3. The smallest absolute Gasteiger partial charge is 0.276 e. The van der Waals surface area contributed by atoms with Crippen molar-refractivity contribution in [3.8, 4) is 0 Å². The molecule has 2 aromatic rings. The van der Waals surface area contributed by atoms with Crippen LogP contribution < -0.4 is 4.90 Å². The molecule has 4 heteroatoms. The van der Waals surface area contributed by atoms with E-state index in [1.165, 1.54) is 0 Å². The summed E-state index contributed by atoms with van der Waals surface area (Å²) in [6.45, 7) is 4.54. The van der Waals surface area contributed by atoms with Crippen LogP contribution in [0, 0.1) is 13.8 Å². The van der Waals surface area contributed by atoms with Crippen LogP contribution in [0.4, 0.5) is 5.69 Å². The molecule has 1 aliphatic carbocycles. The number of anilines is 1. The van der Waals surface area contributed by atoms with Crippen molar-refractivity contribution in [2.24, 2.45) is 0 Å². The van der Waals surface area contributed by atoms with E-state index in [4.69, 9.17) is 0 Å². The van der Waals surface area contributed by atoms with Crippen LogP contribution in [-0.2, 0) is 0 Å². The summed E-state index contributed by atoms with van der Waals surface area (Å²) in [6, 6.07) is 9.41. The maximum absolute atomic E-state index is 12.9. The fourth-order valence-electron chi connectivity index (χ4n) is 3.63. The number of benzene rings is 1. The maximum Gasteiger partial charge on any atom is 0.276 e. The first kappa shape index (κ1) is 14.1. The Morgan fingerprint density at radius 3 is 2.83 bits per heavy atom. The molecule has 1 aromatic heterocycles. The Morgan fingerprint density at radius 1 is 1.22 bits per heavy atom. The first-order valence-electron chi connectivity index (χ1n) is 7.98. The Bertz CT molecular complexity index is 841. The second-order valence-corrected chi connectivity index (χ2v) is 6.41. The molecule has 23 heavy (non-hydrogen) atoms. The lowest BCUT2D eigenvalue weighted by Crippen LogP contribution is -2.30. The van der Waals surface area contributed by atoms with Gasteiger partial charge < -0.3 is 4.90 Å². The third-order valence-electron chi connectivity index (χ3n) is 5.02. The standard InChI is InChI=1S/C19H18N2O2/c1-11-6-8-15(20-12(11)2)19(23)21-10-13-7-9-17(22)14-4-3-5-16(21)18(13)14/h3-6,8,13H,7,9-10H2,1-2H3. The lowest BCUT2D eigenvalue weighted by molar-refractivity contribution is 0.0968. The number of rotatable bonds is 1. The Morgan fingerprint density at radius 2 is 2.04 bits per heavy atom. The topological polar surface area (TPSA) is 50.3 Å². The van der Waals surface area contributed by atoms with Crippen molar-refractivity contribution < 1.29 is 9.59 Å². The van der Waals surface area contributed by atoms with E-state index in [2.05, 4.69) is 4.98 Å². The number of aryl methyl sites for hydroxylation is 2. The van der Waals surface area contributed by atoms with Gasteiger partial charge in [0, 0.05) is 35.8 Å². The predicted molar refractivity (Wildman–Crippen MR) is 88.1 cm³/mol. The van der Waals surface area contributed by atoms with Crippen LogP contribution in [0.15, 0.2) is 30.3 Å². The molecule has 0 bridgehead atoms. The molecule has 0 N–H and O–H groups in total. The molecule has 0 spiro atoms. The summed E-state index contributed by atoms with van der Waals surface area (Å²) in [5.41, 5.74) is 5.15. The molecule has 2 aliphatic rings. The van der Waals surface area contributed by atoms with E-state index in [-0.39, 0.29) is 17.6 Å². The minimum absolute atomic E-state index is 0.0802. The van der Waals surface area contributed by atoms with Crippen molar-refractivity contribution in [3.63, 3.8) is 0 Å². The molecule has 0 saturated carbocycles. The Kier molecular flexibility index (Phi) is 3.08. The summed E-state index contributed by atoms with van der Waals surface area (Å²) >= 11 is 0. The fraction of sp³-hybridized carbons (Fsp3) is 0.316. The van der Waals surface area contributed by atoms with E-state index < -0.39 is 0 Å². The molecule has 4 rings (SSSR count). The van der Waals surface area contributed by atoms with Crippen molar-refractivity contribution in [2.45, 2.75) is 32.6 Å². The molecule has 1 amide bonds. The fourth-order valence-corrected chi connectivity index (χ4v) is 3.63. The summed E-state index contributed by atoms with van der Waals surface area (Å²) < 4.78 is 0. The first-order valence-corrected chi connectivity index (χ1v) is 7.98.